The van der Waals surface area contributed by atoms with E-state index in [2.05, 4.69) is 135 Å². The number of hydrogen-bond acceptors (Lipinski definition) is 4. The van der Waals surface area contributed by atoms with E-state index in [4.69, 9.17) is 16.5 Å². The molecule has 1 atom stereocenters. The number of nitrogens with zero attached hydrogens (tertiary/aromatic N) is 6. The van der Waals surface area contributed by atoms with Crippen molar-refractivity contribution in [3.63, 3.8) is 0 Å². The Bertz CT molecular complexity index is 3450. The van der Waals surface area contributed by atoms with E-state index in [-0.39, 0.29) is 0 Å². The van der Waals surface area contributed by atoms with Crippen LogP contribution in [0.3, 0.4) is 0 Å². The summed E-state index contributed by atoms with van der Waals surface area (Å²) in [5, 5.41) is 14.1. The summed E-state index contributed by atoms with van der Waals surface area (Å²) in [6, 6.07) is 53.3. The third-order valence-corrected chi connectivity index (χ3v) is 12.8. The molecule has 56 heavy (non-hydrogen) atoms. The van der Waals surface area contributed by atoms with Crippen LogP contribution in [0.5, 0.6) is 0 Å². The quantitative estimate of drug-likeness (QED) is 0.166. The van der Waals surface area contributed by atoms with E-state index in [9.17, 15) is 5.26 Å². The SMILES string of the molecule is [C-]#[N+]c1ccc2c(c1)c1ccccc1n2-c1cnc2c(c1)C1(c3ccccc3Sc3ccc(-n4c5ccccc5c5cc(C#N)ccc54)cc31)c1cccnc1-2. The topological polar surface area (TPSA) is 63.8 Å². The van der Waals surface area contributed by atoms with Crippen molar-refractivity contribution in [1.29, 1.82) is 5.26 Å². The molecular formula is C49H26N6S. The smallest absolute Gasteiger partial charge is 0.188 e. The van der Waals surface area contributed by atoms with Gasteiger partial charge in [-0.2, -0.15) is 5.26 Å². The Morgan fingerprint density at radius 3 is 2.00 bits per heavy atom. The Labute approximate surface area is 325 Å². The fourth-order valence-corrected chi connectivity index (χ4v) is 10.6. The zero-order valence-corrected chi connectivity index (χ0v) is 30.4. The molecule has 2 aliphatic rings. The lowest BCUT2D eigenvalue weighted by Crippen LogP contribution is -2.32. The largest absolute Gasteiger partial charge is 0.309 e. The fraction of sp³-hybridized carbons (Fsp3) is 0.0204. The second-order valence-corrected chi connectivity index (χ2v) is 15.5. The predicted octanol–water partition coefficient (Wildman–Crippen LogP) is 11.9. The van der Waals surface area contributed by atoms with Gasteiger partial charge in [-0.15, -0.1) is 0 Å². The van der Waals surface area contributed by atoms with Crippen molar-refractivity contribution in [2.75, 3.05) is 0 Å². The van der Waals surface area contributed by atoms with E-state index in [1.807, 2.05) is 42.7 Å². The first-order chi connectivity index (χ1) is 27.7. The first-order valence-electron chi connectivity index (χ1n) is 18.4. The Balaban J connectivity index is 1.18. The number of rotatable bonds is 2. The van der Waals surface area contributed by atoms with Gasteiger partial charge < -0.3 is 9.13 Å². The van der Waals surface area contributed by atoms with Gasteiger partial charge in [-0.25, -0.2) is 4.85 Å². The number of benzene rings is 6. The van der Waals surface area contributed by atoms with E-state index in [1.54, 1.807) is 11.8 Å². The van der Waals surface area contributed by atoms with Crippen LogP contribution in [0.2, 0.25) is 0 Å². The average Bonchev–Trinajstić information content (AvgIpc) is 3.87. The van der Waals surface area contributed by atoms with Crippen molar-refractivity contribution >= 4 is 61.1 Å². The Hall–Kier alpha value is -7.45. The molecule has 0 N–H and O–H groups in total. The van der Waals surface area contributed by atoms with E-state index in [0.717, 1.165) is 77.5 Å². The van der Waals surface area contributed by atoms with Gasteiger partial charge in [0.05, 0.1) is 69.0 Å². The molecule has 12 rings (SSSR count). The molecule has 0 bridgehead atoms. The zero-order valence-electron chi connectivity index (χ0n) is 29.6. The minimum Gasteiger partial charge on any atom is -0.309 e. The molecule has 1 aliphatic heterocycles. The van der Waals surface area contributed by atoms with Crippen LogP contribution in [-0.2, 0) is 5.41 Å². The van der Waals surface area contributed by atoms with Crippen LogP contribution < -0.4 is 0 Å². The maximum Gasteiger partial charge on any atom is 0.188 e. The third-order valence-electron chi connectivity index (χ3n) is 11.7. The molecule has 258 valence electrons. The number of fused-ring (bicyclic) bond motifs is 15. The third kappa shape index (κ3) is 3.94. The number of nitriles is 1. The highest BCUT2D eigenvalue weighted by atomic mass is 32.2. The number of para-hydroxylation sites is 2. The Morgan fingerprint density at radius 2 is 1.20 bits per heavy atom. The van der Waals surface area contributed by atoms with Crippen molar-refractivity contribution < 1.29 is 0 Å². The first-order valence-corrected chi connectivity index (χ1v) is 19.2. The molecule has 0 saturated heterocycles. The van der Waals surface area contributed by atoms with Crippen LogP contribution in [-0.4, -0.2) is 19.1 Å². The summed E-state index contributed by atoms with van der Waals surface area (Å²) in [6.07, 6.45) is 3.84. The van der Waals surface area contributed by atoms with Crippen molar-refractivity contribution in [3.05, 3.63) is 197 Å². The Morgan fingerprint density at radius 1 is 0.554 bits per heavy atom. The van der Waals surface area contributed by atoms with Gasteiger partial charge in [-0.1, -0.05) is 78.5 Å². The molecule has 0 amide bonds. The summed E-state index contributed by atoms with van der Waals surface area (Å²) in [7, 11) is 0. The van der Waals surface area contributed by atoms with Gasteiger partial charge >= 0.3 is 0 Å². The maximum absolute atomic E-state index is 9.81. The summed E-state index contributed by atoms with van der Waals surface area (Å²) in [4.78, 5) is 16.5. The van der Waals surface area contributed by atoms with Crippen LogP contribution in [0.1, 0.15) is 27.8 Å². The molecule has 1 aliphatic carbocycles. The summed E-state index contributed by atoms with van der Waals surface area (Å²) < 4.78 is 4.61. The van der Waals surface area contributed by atoms with Crippen molar-refractivity contribution in [1.82, 2.24) is 19.1 Å². The van der Waals surface area contributed by atoms with E-state index < -0.39 is 5.41 Å². The molecule has 1 spiro atoms. The highest BCUT2D eigenvalue weighted by molar-refractivity contribution is 7.99. The summed E-state index contributed by atoms with van der Waals surface area (Å²) in [6.45, 7) is 7.72. The highest BCUT2D eigenvalue weighted by Crippen LogP contribution is 2.62. The van der Waals surface area contributed by atoms with E-state index >= 15 is 0 Å². The van der Waals surface area contributed by atoms with E-state index in [0.29, 0.717) is 11.3 Å². The number of pyridine rings is 2. The molecule has 1 unspecified atom stereocenters. The van der Waals surface area contributed by atoms with Crippen LogP contribution in [0.4, 0.5) is 5.69 Å². The van der Waals surface area contributed by atoms with Gasteiger partial charge in [0.1, 0.15) is 0 Å². The zero-order chi connectivity index (χ0) is 37.1. The lowest BCUT2D eigenvalue weighted by Gasteiger charge is -2.39. The van der Waals surface area contributed by atoms with E-state index in [1.165, 1.54) is 20.9 Å². The lowest BCUT2D eigenvalue weighted by molar-refractivity contribution is 0.717. The first kappa shape index (κ1) is 31.0. The monoisotopic (exact) mass is 730 g/mol. The standard InChI is InChI=1S/C49H26N6S/c1-51-30-17-20-44-36(24-30)34-10-3-6-14-42(34)55(44)32-26-40-48(53-28-32)47-38(12-8-22-52-47)49(40)37-11-4-7-15-45(37)56-46-21-18-31(25-39(46)49)54-41-13-5-2-9-33(41)35-23-29(27-50)16-19-43(35)54/h2-26,28H. The molecule has 5 heterocycles. The van der Waals surface area contributed by atoms with Gasteiger partial charge in [0.25, 0.3) is 0 Å². The molecule has 0 saturated carbocycles. The van der Waals surface area contributed by atoms with Gasteiger partial charge in [-0.05, 0) is 101 Å². The number of hydrogen-bond donors (Lipinski definition) is 0. The fourth-order valence-electron chi connectivity index (χ4n) is 9.47. The van der Waals surface area contributed by atoms with Gasteiger partial charge in [0.15, 0.2) is 5.69 Å². The summed E-state index contributed by atoms with van der Waals surface area (Å²) in [5.41, 5.74) is 13.1. The van der Waals surface area contributed by atoms with Crippen molar-refractivity contribution in [2.24, 2.45) is 0 Å². The molecule has 4 aromatic heterocycles. The van der Waals surface area contributed by atoms with Crippen LogP contribution >= 0.6 is 11.8 Å². The second kappa shape index (κ2) is 11.3. The molecule has 6 nitrogen and oxygen atoms in total. The van der Waals surface area contributed by atoms with Crippen molar-refractivity contribution in [2.45, 2.75) is 15.2 Å². The molecular weight excluding hydrogens is 705 g/mol. The number of aromatic nitrogens is 4. The van der Waals surface area contributed by atoms with Gasteiger partial charge in [0, 0.05) is 43.4 Å². The molecule has 0 fully saturated rings. The highest BCUT2D eigenvalue weighted by Gasteiger charge is 2.52. The minimum atomic E-state index is -0.724. The van der Waals surface area contributed by atoms with Gasteiger partial charge in [-0.3, -0.25) is 9.97 Å². The van der Waals surface area contributed by atoms with Crippen LogP contribution in [0.25, 0.3) is 71.2 Å². The summed E-state index contributed by atoms with van der Waals surface area (Å²) >= 11 is 1.80. The summed E-state index contributed by atoms with van der Waals surface area (Å²) in [5.74, 6) is 0. The van der Waals surface area contributed by atoms with Gasteiger partial charge in [0.2, 0.25) is 0 Å². The molecule has 10 aromatic rings. The Kier molecular flexibility index (Phi) is 6.24. The molecule has 7 heteroatoms. The minimum absolute atomic E-state index is 0.616. The molecule has 6 aromatic carbocycles. The van der Waals surface area contributed by atoms with Crippen molar-refractivity contribution in [3.8, 4) is 28.8 Å². The maximum atomic E-state index is 9.81. The normalized spacial score (nSPS) is 15.1. The van der Waals surface area contributed by atoms with Crippen LogP contribution in [0.15, 0.2) is 168 Å². The predicted molar refractivity (Wildman–Crippen MR) is 223 cm³/mol. The second-order valence-electron chi connectivity index (χ2n) is 14.4. The average molecular weight is 731 g/mol. The molecule has 0 radical (unpaired) electrons. The lowest BCUT2D eigenvalue weighted by atomic mass is 9.67. The van der Waals surface area contributed by atoms with Crippen LogP contribution in [0, 0.1) is 17.9 Å².